The van der Waals surface area contributed by atoms with Crippen LogP contribution in [0.5, 0.6) is 0 Å². The molecule has 0 fully saturated rings. The second-order valence-electron chi connectivity index (χ2n) is 4.77. The van der Waals surface area contributed by atoms with Gasteiger partial charge in [-0.15, -0.1) is 0 Å². The summed E-state index contributed by atoms with van der Waals surface area (Å²) < 4.78 is 0. The topological polar surface area (TPSA) is 54.5 Å². The molecule has 4 aromatic rings. The third-order valence-electron chi connectivity index (χ3n) is 3.41. The molecule has 21 heavy (non-hydrogen) atoms. The highest BCUT2D eigenvalue weighted by Gasteiger charge is 2.11. The highest BCUT2D eigenvalue weighted by atomic mass is 15.1. The van der Waals surface area contributed by atoms with E-state index < -0.39 is 0 Å². The van der Waals surface area contributed by atoms with Crippen molar-refractivity contribution in [1.82, 2.24) is 20.2 Å². The molecule has 0 amide bonds. The van der Waals surface area contributed by atoms with Crippen LogP contribution in [-0.2, 0) is 0 Å². The van der Waals surface area contributed by atoms with Crippen LogP contribution in [0.4, 0.5) is 0 Å². The van der Waals surface area contributed by atoms with E-state index in [0.717, 1.165) is 33.5 Å². The Morgan fingerprint density at radius 1 is 0.762 bits per heavy atom. The van der Waals surface area contributed by atoms with Crippen molar-refractivity contribution in [2.45, 2.75) is 0 Å². The number of benzene rings is 2. The Kier molecular flexibility index (Phi) is 2.71. The van der Waals surface area contributed by atoms with Crippen LogP contribution in [0.3, 0.4) is 0 Å². The number of nitrogens with one attached hydrogen (secondary N) is 1. The number of para-hydroxylation sites is 1. The summed E-state index contributed by atoms with van der Waals surface area (Å²) in [6, 6.07) is 18.0. The summed E-state index contributed by atoms with van der Waals surface area (Å²) in [5.74, 6) is 0.727. The second kappa shape index (κ2) is 4.83. The Bertz CT molecular complexity index is 883. The summed E-state index contributed by atoms with van der Waals surface area (Å²) in [6.07, 6.45) is 3.63. The van der Waals surface area contributed by atoms with E-state index in [1.54, 1.807) is 6.20 Å². The van der Waals surface area contributed by atoms with Gasteiger partial charge in [-0.05, 0) is 6.07 Å². The van der Waals surface area contributed by atoms with Gasteiger partial charge in [-0.2, -0.15) is 5.10 Å². The van der Waals surface area contributed by atoms with Gasteiger partial charge in [0.25, 0.3) is 0 Å². The largest absolute Gasteiger partial charge is 0.285 e. The van der Waals surface area contributed by atoms with E-state index in [0.29, 0.717) is 0 Å². The van der Waals surface area contributed by atoms with Gasteiger partial charge in [0.1, 0.15) is 0 Å². The number of aromatic amines is 1. The molecule has 0 atom stereocenters. The zero-order chi connectivity index (χ0) is 14.1. The number of H-pyrrole nitrogens is 1. The first-order valence-corrected chi connectivity index (χ1v) is 6.73. The van der Waals surface area contributed by atoms with Gasteiger partial charge in [-0.25, -0.2) is 9.97 Å². The standard InChI is InChI=1S/C17H12N4/c1-2-6-12(7-3-1)17-20-15-9-5-4-8-14(15)16(21-17)13-10-18-19-11-13/h1-11H,(H,18,19). The summed E-state index contributed by atoms with van der Waals surface area (Å²) >= 11 is 0. The second-order valence-corrected chi connectivity index (χ2v) is 4.77. The molecule has 0 aliphatic heterocycles. The number of rotatable bonds is 2. The molecule has 100 valence electrons. The van der Waals surface area contributed by atoms with Crippen molar-refractivity contribution in [2.24, 2.45) is 0 Å². The van der Waals surface area contributed by atoms with Crippen molar-refractivity contribution in [1.29, 1.82) is 0 Å². The van der Waals surface area contributed by atoms with Crippen molar-refractivity contribution < 1.29 is 0 Å². The average Bonchev–Trinajstić information content (AvgIpc) is 3.09. The quantitative estimate of drug-likeness (QED) is 0.605. The molecule has 2 aromatic carbocycles. The zero-order valence-electron chi connectivity index (χ0n) is 11.2. The van der Waals surface area contributed by atoms with E-state index in [1.807, 2.05) is 60.8 Å². The molecule has 0 saturated carbocycles. The van der Waals surface area contributed by atoms with Crippen LogP contribution in [-0.4, -0.2) is 20.2 Å². The summed E-state index contributed by atoms with van der Waals surface area (Å²) in [5, 5.41) is 7.89. The molecule has 0 bridgehead atoms. The molecule has 4 heteroatoms. The number of aromatic nitrogens is 4. The van der Waals surface area contributed by atoms with Gasteiger partial charge in [-0.3, -0.25) is 5.10 Å². The normalized spacial score (nSPS) is 10.9. The Labute approximate surface area is 121 Å². The van der Waals surface area contributed by atoms with E-state index >= 15 is 0 Å². The fourth-order valence-corrected chi connectivity index (χ4v) is 2.39. The SMILES string of the molecule is c1ccc(-c2nc(-c3cn[nH]c3)c3ccccc3n2)cc1. The minimum Gasteiger partial charge on any atom is -0.285 e. The van der Waals surface area contributed by atoms with Crippen LogP contribution in [0.2, 0.25) is 0 Å². The molecule has 4 rings (SSSR count). The third-order valence-corrected chi connectivity index (χ3v) is 3.41. The van der Waals surface area contributed by atoms with Gasteiger partial charge in [-0.1, -0.05) is 48.5 Å². The van der Waals surface area contributed by atoms with Crippen LogP contribution in [0, 0.1) is 0 Å². The molecule has 2 heterocycles. The van der Waals surface area contributed by atoms with Gasteiger partial charge < -0.3 is 0 Å². The van der Waals surface area contributed by atoms with Crippen LogP contribution >= 0.6 is 0 Å². The maximum Gasteiger partial charge on any atom is 0.160 e. The minimum absolute atomic E-state index is 0.727. The Hall–Kier alpha value is -3.01. The van der Waals surface area contributed by atoms with Crippen molar-refractivity contribution in [2.75, 3.05) is 0 Å². The first-order chi connectivity index (χ1) is 10.4. The molecule has 0 unspecified atom stereocenters. The van der Waals surface area contributed by atoms with E-state index in [9.17, 15) is 0 Å². The Morgan fingerprint density at radius 3 is 2.38 bits per heavy atom. The lowest BCUT2D eigenvalue weighted by Crippen LogP contribution is -1.94. The fourth-order valence-electron chi connectivity index (χ4n) is 2.39. The summed E-state index contributed by atoms with van der Waals surface area (Å²) in [5.41, 5.74) is 3.80. The smallest absolute Gasteiger partial charge is 0.160 e. The lowest BCUT2D eigenvalue weighted by molar-refractivity contribution is 1.09. The molecular formula is C17H12N4. The number of hydrogen-bond acceptors (Lipinski definition) is 3. The first kappa shape index (κ1) is 11.8. The van der Waals surface area contributed by atoms with E-state index in [4.69, 9.17) is 4.98 Å². The summed E-state index contributed by atoms with van der Waals surface area (Å²) in [7, 11) is 0. The lowest BCUT2D eigenvalue weighted by Gasteiger charge is -2.07. The maximum absolute atomic E-state index is 4.74. The average molecular weight is 272 g/mol. The molecule has 2 aromatic heterocycles. The van der Waals surface area contributed by atoms with Gasteiger partial charge in [0.05, 0.1) is 17.4 Å². The fraction of sp³-hybridized carbons (Fsp3) is 0. The van der Waals surface area contributed by atoms with Gasteiger partial charge in [0.15, 0.2) is 5.82 Å². The number of fused-ring (bicyclic) bond motifs is 1. The zero-order valence-corrected chi connectivity index (χ0v) is 11.2. The molecular weight excluding hydrogens is 260 g/mol. The van der Waals surface area contributed by atoms with Gasteiger partial charge in [0, 0.05) is 22.7 Å². The molecule has 0 saturated heterocycles. The Balaban J connectivity index is 2.03. The summed E-state index contributed by atoms with van der Waals surface area (Å²) in [4.78, 5) is 9.42. The molecule has 4 nitrogen and oxygen atoms in total. The van der Waals surface area contributed by atoms with Crippen LogP contribution in [0.15, 0.2) is 67.0 Å². The molecule has 0 radical (unpaired) electrons. The minimum atomic E-state index is 0.727. The predicted octanol–water partition coefficient (Wildman–Crippen LogP) is 3.69. The third kappa shape index (κ3) is 2.07. The monoisotopic (exact) mass is 272 g/mol. The van der Waals surface area contributed by atoms with Gasteiger partial charge >= 0.3 is 0 Å². The number of nitrogens with zero attached hydrogens (tertiary/aromatic N) is 3. The molecule has 0 aliphatic rings. The van der Waals surface area contributed by atoms with E-state index in [2.05, 4.69) is 15.2 Å². The van der Waals surface area contributed by atoms with E-state index in [-0.39, 0.29) is 0 Å². The molecule has 1 N–H and O–H groups in total. The van der Waals surface area contributed by atoms with Crippen molar-refractivity contribution >= 4 is 10.9 Å². The predicted molar refractivity (Wildman–Crippen MR) is 82.6 cm³/mol. The lowest BCUT2D eigenvalue weighted by atomic mass is 10.1. The van der Waals surface area contributed by atoms with Crippen molar-refractivity contribution in [3.63, 3.8) is 0 Å². The molecule has 0 spiro atoms. The number of hydrogen-bond donors (Lipinski definition) is 1. The van der Waals surface area contributed by atoms with Crippen molar-refractivity contribution in [3.05, 3.63) is 67.0 Å². The van der Waals surface area contributed by atoms with Crippen LogP contribution in [0.25, 0.3) is 33.5 Å². The van der Waals surface area contributed by atoms with Crippen LogP contribution < -0.4 is 0 Å². The maximum atomic E-state index is 4.74. The summed E-state index contributed by atoms with van der Waals surface area (Å²) in [6.45, 7) is 0. The Morgan fingerprint density at radius 2 is 1.57 bits per heavy atom. The first-order valence-electron chi connectivity index (χ1n) is 6.73. The van der Waals surface area contributed by atoms with E-state index in [1.165, 1.54) is 0 Å². The highest BCUT2D eigenvalue weighted by molar-refractivity contribution is 5.93. The molecule has 0 aliphatic carbocycles. The van der Waals surface area contributed by atoms with Gasteiger partial charge in [0.2, 0.25) is 0 Å². The van der Waals surface area contributed by atoms with Crippen LogP contribution in [0.1, 0.15) is 0 Å². The van der Waals surface area contributed by atoms with Crippen molar-refractivity contribution in [3.8, 4) is 22.6 Å². The highest BCUT2D eigenvalue weighted by Crippen LogP contribution is 2.28.